The summed E-state index contributed by atoms with van der Waals surface area (Å²) in [6.45, 7) is 4.16. The summed E-state index contributed by atoms with van der Waals surface area (Å²) in [6, 6.07) is 4.20. The highest BCUT2D eigenvalue weighted by Gasteiger charge is 2.14. The van der Waals surface area contributed by atoms with Gasteiger partial charge < -0.3 is 5.73 Å². The van der Waals surface area contributed by atoms with E-state index in [1.165, 1.54) is 0 Å². The predicted molar refractivity (Wildman–Crippen MR) is 58.6 cm³/mol. The lowest BCUT2D eigenvalue weighted by Crippen LogP contribution is -2.24. The molecule has 3 heteroatoms. The summed E-state index contributed by atoms with van der Waals surface area (Å²) in [7, 11) is 0. The minimum atomic E-state index is 0.165. The first kappa shape index (κ1) is 10.7. The monoisotopic (exact) mass is 242 g/mol. The van der Waals surface area contributed by atoms with E-state index in [4.69, 9.17) is 5.73 Å². The van der Waals surface area contributed by atoms with Crippen LogP contribution in [0.25, 0.3) is 0 Å². The minimum absolute atomic E-state index is 0.165. The molecule has 1 rings (SSSR count). The van der Waals surface area contributed by atoms with Gasteiger partial charge in [0.2, 0.25) is 0 Å². The van der Waals surface area contributed by atoms with Crippen LogP contribution in [0.15, 0.2) is 22.8 Å². The fourth-order valence-electron chi connectivity index (χ4n) is 1.46. The summed E-state index contributed by atoms with van der Waals surface area (Å²) >= 11 is 3.36. The molecule has 1 heterocycles. The van der Waals surface area contributed by atoms with E-state index in [0.29, 0.717) is 5.92 Å². The summed E-state index contributed by atoms with van der Waals surface area (Å²) in [5.74, 6) is 0.369. The molecule has 72 valence electrons. The number of halogens is 1. The third-order valence-corrected chi connectivity index (χ3v) is 2.67. The lowest BCUT2D eigenvalue weighted by Gasteiger charge is -2.17. The van der Waals surface area contributed by atoms with E-state index in [9.17, 15) is 0 Å². The maximum absolute atomic E-state index is 5.87. The molecule has 1 aromatic rings. The normalized spacial score (nSPS) is 15.4. The van der Waals surface area contributed by atoms with E-state index in [1.54, 1.807) is 0 Å². The first-order valence-electron chi connectivity index (χ1n) is 4.52. The highest BCUT2D eigenvalue weighted by Crippen LogP contribution is 2.21. The van der Waals surface area contributed by atoms with Crippen LogP contribution in [0.2, 0.25) is 0 Å². The fourth-order valence-corrected chi connectivity index (χ4v) is 1.69. The molecular weight excluding hydrogens is 228 g/mol. The largest absolute Gasteiger partial charge is 0.327 e. The Kier molecular flexibility index (Phi) is 3.88. The molecule has 0 radical (unpaired) electrons. The Bertz CT molecular complexity index is 256. The molecule has 0 saturated carbocycles. The molecule has 0 amide bonds. The molecule has 13 heavy (non-hydrogen) atoms. The Morgan fingerprint density at radius 2 is 2.23 bits per heavy atom. The van der Waals surface area contributed by atoms with Crippen molar-refractivity contribution >= 4 is 15.9 Å². The van der Waals surface area contributed by atoms with Gasteiger partial charge >= 0.3 is 0 Å². The first-order valence-corrected chi connectivity index (χ1v) is 5.31. The molecule has 2 atom stereocenters. The zero-order valence-electron chi connectivity index (χ0n) is 8.00. The smallest absolute Gasteiger partial charge is 0.0450 e. The number of hydrogen-bond acceptors (Lipinski definition) is 2. The first-order chi connectivity index (χ1) is 6.15. The number of rotatable bonds is 3. The van der Waals surface area contributed by atoms with Crippen molar-refractivity contribution in [3.05, 3.63) is 28.5 Å². The molecule has 0 saturated heterocycles. The Hall–Kier alpha value is -0.410. The quantitative estimate of drug-likeness (QED) is 0.886. The maximum atomic E-state index is 5.87. The summed E-state index contributed by atoms with van der Waals surface area (Å²) in [5, 5.41) is 0. The average Bonchev–Trinajstić information content (AvgIpc) is 2.09. The number of nitrogens with zero attached hydrogens (tertiary/aromatic N) is 1. The van der Waals surface area contributed by atoms with Crippen molar-refractivity contribution < 1.29 is 0 Å². The van der Waals surface area contributed by atoms with E-state index in [1.807, 2.05) is 25.3 Å². The summed E-state index contributed by atoms with van der Waals surface area (Å²) in [4.78, 5) is 4.34. The van der Waals surface area contributed by atoms with Crippen LogP contribution < -0.4 is 5.73 Å². The standard InChI is InChI=1S/C10H15BrN2/c1-3-9(7(2)12)10-5-4-8(11)6-13-10/h4-7,9H,3,12H2,1-2H3. The predicted octanol–water partition coefficient (Wildman–Crippen LogP) is 2.68. The number of hydrogen-bond donors (Lipinski definition) is 1. The van der Waals surface area contributed by atoms with Crippen LogP contribution in [0.4, 0.5) is 0 Å². The molecule has 1 aromatic heterocycles. The topological polar surface area (TPSA) is 38.9 Å². The fraction of sp³-hybridized carbons (Fsp3) is 0.500. The Labute approximate surface area is 87.7 Å². The number of nitrogens with two attached hydrogens (primary N) is 1. The summed E-state index contributed by atoms with van der Waals surface area (Å²) in [6.07, 6.45) is 2.85. The van der Waals surface area contributed by atoms with Crippen LogP contribution in [0.1, 0.15) is 31.9 Å². The van der Waals surface area contributed by atoms with Crippen molar-refractivity contribution in [3.8, 4) is 0 Å². The van der Waals surface area contributed by atoms with Gasteiger partial charge in [0.1, 0.15) is 0 Å². The zero-order valence-corrected chi connectivity index (χ0v) is 9.58. The third-order valence-electron chi connectivity index (χ3n) is 2.20. The second-order valence-electron chi connectivity index (χ2n) is 3.28. The van der Waals surface area contributed by atoms with Crippen LogP contribution in [0, 0.1) is 0 Å². The Morgan fingerprint density at radius 3 is 2.62 bits per heavy atom. The van der Waals surface area contributed by atoms with Gasteiger partial charge in [0, 0.05) is 28.3 Å². The summed E-state index contributed by atoms with van der Waals surface area (Å²) < 4.78 is 1.01. The van der Waals surface area contributed by atoms with Gasteiger partial charge in [0.15, 0.2) is 0 Å². The van der Waals surface area contributed by atoms with Crippen LogP contribution in [0.5, 0.6) is 0 Å². The highest BCUT2D eigenvalue weighted by molar-refractivity contribution is 9.10. The van der Waals surface area contributed by atoms with Gasteiger partial charge in [-0.3, -0.25) is 4.98 Å². The van der Waals surface area contributed by atoms with Gasteiger partial charge in [-0.05, 0) is 41.4 Å². The Morgan fingerprint density at radius 1 is 1.54 bits per heavy atom. The van der Waals surface area contributed by atoms with Gasteiger partial charge in [-0.2, -0.15) is 0 Å². The highest BCUT2D eigenvalue weighted by atomic mass is 79.9. The molecule has 2 nitrogen and oxygen atoms in total. The lowest BCUT2D eigenvalue weighted by atomic mass is 9.95. The second kappa shape index (κ2) is 4.72. The number of aromatic nitrogens is 1. The SMILES string of the molecule is CCC(c1ccc(Br)cn1)C(C)N. The molecular formula is C10H15BrN2. The lowest BCUT2D eigenvalue weighted by molar-refractivity contribution is 0.540. The number of pyridine rings is 1. The third kappa shape index (κ3) is 2.78. The van der Waals surface area contributed by atoms with Crippen molar-refractivity contribution in [1.29, 1.82) is 0 Å². The summed E-state index contributed by atoms with van der Waals surface area (Å²) in [5.41, 5.74) is 6.95. The molecule has 2 N–H and O–H groups in total. The molecule has 0 fully saturated rings. The zero-order chi connectivity index (χ0) is 9.84. The van der Waals surface area contributed by atoms with Crippen LogP contribution in [0.3, 0.4) is 0 Å². The van der Waals surface area contributed by atoms with Crippen LogP contribution in [-0.2, 0) is 0 Å². The van der Waals surface area contributed by atoms with Gasteiger partial charge in [-0.1, -0.05) is 6.92 Å². The van der Waals surface area contributed by atoms with E-state index in [-0.39, 0.29) is 6.04 Å². The average molecular weight is 243 g/mol. The van der Waals surface area contributed by atoms with Crippen molar-refractivity contribution in [3.63, 3.8) is 0 Å². The van der Waals surface area contributed by atoms with Gasteiger partial charge in [0.05, 0.1) is 0 Å². The molecule has 0 aromatic carbocycles. The van der Waals surface area contributed by atoms with Crippen molar-refractivity contribution in [2.24, 2.45) is 5.73 Å². The van der Waals surface area contributed by atoms with Crippen LogP contribution in [-0.4, -0.2) is 11.0 Å². The van der Waals surface area contributed by atoms with Gasteiger partial charge in [-0.15, -0.1) is 0 Å². The van der Waals surface area contributed by atoms with Crippen molar-refractivity contribution in [1.82, 2.24) is 4.98 Å². The van der Waals surface area contributed by atoms with Gasteiger partial charge in [-0.25, -0.2) is 0 Å². The molecule has 0 aliphatic heterocycles. The van der Waals surface area contributed by atoms with E-state index in [0.717, 1.165) is 16.6 Å². The molecule has 0 aliphatic carbocycles. The molecule has 0 aliphatic rings. The minimum Gasteiger partial charge on any atom is -0.327 e. The second-order valence-corrected chi connectivity index (χ2v) is 4.19. The Balaban J connectivity index is 2.86. The van der Waals surface area contributed by atoms with Crippen molar-refractivity contribution in [2.45, 2.75) is 32.2 Å². The van der Waals surface area contributed by atoms with E-state index in [2.05, 4.69) is 27.8 Å². The molecule has 2 unspecified atom stereocenters. The van der Waals surface area contributed by atoms with Crippen LogP contribution >= 0.6 is 15.9 Å². The van der Waals surface area contributed by atoms with E-state index >= 15 is 0 Å². The molecule has 0 bridgehead atoms. The van der Waals surface area contributed by atoms with E-state index < -0.39 is 0 Å². The van der Waals surface area contributed by atoms with Gasteiger partial charge in [0.25, 0.3) is 0 Å². The maximum Gasteiger partial charge on any atom is 0.0450 e. The van der Waals surface area contributed by atoms with Crippen molar-refractivity contribution in [2.75, 3.05) is 0 Å². The molecule has 0 spiro atoms.